The van der Waals surface area contributed by atoms with Crippen molar-refractivity contribution in [3.8, 4) is 6.19 Å². The number of hydrogen-bond acceptors (Lipinski definition) is 4. The number of thiophene rings is 1. The molecule has 4 bridgehead atoms. The van der Waals surface area contributed by atoms with Gasteiger partial charge in [0.05, 0.1) is 0 Å². The average molecular weight is 451 g/mol. The molecule has 6 rings (SSSR count). The predicted molar refractivity (Wildman–Crippen MR) is 125 cm³/mol. The molecule has 4 aliphatic carbocycles. The number of carbonyl (C=O) groups excluding carboxylic acids is 2. The average Bonchev–Trinajstić information content (AvgIpc) is 3.15. The van der Waals surface area contributed by atoms with E-state index in [0.717, 1.165) is 57.6 Å². The fraction of sp³-hybridized carbons (Fsp3) is 0.560. The number of rotatable bonds is 6. The fourth-order valence-electron chi connectivity index (χ4n) is 6.77. The first kappa shape index (κ1) is 21.3. The number of hydrogen-bond donors (Lipinski definition) is 2. The van der Waals surface area contributed by atoms with Crippen LogP contribution < -0.4 is 10.6 Å². The Morgan fingerprint density at radius 1 is 1.19 bits per heavy atom. The molecule has 1 heterocycles. The summed E-state index contributed by atoms with van der Waals surface area (Å²) in [7, 11) is 0. The van der Waals surface area contributed by atoms with Gasteiger partial charge < -0.3 is 10.6 Å². The van der Waals surface area contributed by atoms with E-state index >= 15 is 0 Å². The molecule has 3 amide bonds. The van der Waals surface area contributed by atoms with Gasteiger partial charge in [0, 0.05) is 23.2 Å². The van der Waals surface area contributed by atoms with Gasteiger partial charge in [0.2, 0.25) is 0 Å². The van der Waals surface area contributed by atoms with Gasteiger partial charge in [0.25, 0.3) is 5.91 Å². The zero-order valence-corrected chi connectivity index (χ0v) is 19.3. The monoisotopic (exact) mass is 450 g/mol. The van der Waals surface area contributed by atoms with E-state index in [-0.39, 0.29) is 24.0 Å². The van der Waals surface area contributed by atoms with Crippen LogP contribution in [0.2, 0.25) is 0 Å². The first-order valence-corrected chi connectivity index (χ1v) is 12.6. The van der Waals surface area contributed by atoms with Crippen LogP contribution in [0.15, 0.2) is 29.6 Å². The Bertz CT molecular complexity index is 1040. The minimum Gasteiger partial charge on any atom is -0.333 e. The number of carbonyl (C=O) groups is 2. The summed E-state index contributed by atoms with van der Waals surface area (Å²) in [4.78, 5) is 27.4. The lowest BCUT2D eigenvalue weighted by Gasteiger charge is -2.56. The maximum Gasteiger partial charge on any atom is 0.315 e. The molecule has 0 saturated heterocycles. The van der Waals surface area contributed by atoms with Crippen LogP contribution in [0.25, 0.3) is 10.1 Å². The molecule has 2 N–H and O–H groups in total. The van der Waals surface area contributed by atoms with E-state index in [1.165, 1.54) is 19.3 Å². The zero-order valence-electron chi connectivity index (χ0n) is 18.5. The summed E-state index contributed by atoms with van der Waals surface area (Å²) in [5.74, 6) is 1.83. The van der Waals surface area contributed by atoms with E-state index in [2.05, 4.69) is 16.7 Å². The summed E-state index contributed by atoms with van der Waals surface area (Å²) in [6, 6.07) is 7.02. The Hall–Kier alpha value is -2.59. The van der Waals surface area contributed by atoms with Gasteiger partial charge in [-0.1, -0.05) is 18.2 Å². The fourth-order valence-corrected chi connectivity index (χ4v) is 7.75. The van der Waals surface area contributed by atoms with Crippen molar-refractivity contribution >= 4 is 33.4 Å². The third kappa shape index (κ3) is 3.97. The minimum atomic E-state index is -0.776. The minimum absolute atomic E-state index is 0.124. The number of fused-ring (bicyclic) bond motifs is 1. The summed E-state index contributed by atoms with van der Waals surface area (Å²) in [5, 5.41) is 18.8. The van der Waals surface area contributed by atoms with Gasteiger partial charge in [0.1, 0.15) is 6.04 Å². The Balaban J connectivity index is 1.34. The molecule has 168 valence electrons. The highest BCUT2D eigenvalue weighted by Gasteiger charge is 2.51. The smallest absolute Gasteiger partial charge is 0.315 e. The van der Waals surface area contributed by atoms with Crippen molar-refractivity contribution in [3.63, 3.8) is 0 Å². The first-order valence-electron chi connectivity index (χ1n) is 11.7. The molecule has 2 aromatic rings. The lowest BCUT2D eigenvalue weighted by molar-refractivity contribution is -0.130. The molecule has 32 heavy (non-hydrogen) atoms. The van der Waals surface area contributed by atoms with Gasteiger partial charge >= 0.3 is 6.03 Å². The van der Waals surface area contributed by atoms with E-state index in [0.29, 0.717) is 6.42 Å². The van der Waals surface area contributed by atoms with Gasteiger partial charge in [-0.05, 0) is 85.6 Å². The molecule has 4 saturated carbocycles. The van der Waals surface area contributed by atoms with Crippen LogP contribution in [-0.2, 0) is 11.2 Å². The van der Waals surface area contributed by atoms with Crippen LogP contribution in [0.5, 0.6) is 0 Å². The van der Waals surface area contributed by atoms with E-state index in [1.54, 1.807) is 18.3 Å². The van der Waals surface area contributed by atoms with Crippen LogP contribution in [0.1, 0.15) is 51.0 Å². The predicted octanol–water partition coefficient (Wildman–Crippen LogP) is 4.41. The summed E-state index contributed by atoms with van der Waals surface area (Å²) in [6.07, 6.45) is 9.42. The maximum absolute atomic E-state index is 13.2. The topological polar surface area (TPSA) is 85.2 Å². The van der Waals surface area contributed by atoms with Gasteiger partial charge in [0.15, 0.2) is 6.19 Å². The van der Waals surface area contributed by atoms with Gasteiger partial charge in [-0.2, -0.15) is 5.26 Å². The third-order valence-electron chi connectivity index (χ3n) is 7.71. The maximum atomic E-state index is 13.2. The number of amides is 3. The van der Waals surface area contributed by atoms with Crippen molar-refractivity contribution in [1.29, 1.82) is 5.26 Å². The van der Waals surface area contributed by atoms with E-state index < -0.39 is 6.04 Å². The number of likely N-dealkylation sites (N-methyl/N-ethyl adjacent to an activating group) is 1. The van der Waals surface area contributed by atoms with Gasteiger partial charge in [-0.3, -0.25) is 4.79 Å². The van der Waals surface area contributed by atoms with E-state index in [4.69, 9.17) is 0 Å². The van der Waals surface area contributed by atoms with Crippen molar-refractivity contribution < 1.29 is 9.59 Å². The molecule has 0 spiro atoms. The van der Waals surface area contributed by atoms with Gasteiger partial charge in [-0.25, -0.2) is 9.69 Å². The number of nitrogens with zero attached hydrogens (tertiary/aromatic N) is 2. The molecular weight excluding hydrogens is 420 g/mol. The molecule has 1 atom stereocenters. The highest BCUT2D eigenvalue weighted by molar-refractivity contribution is 7.17. The first-order chi connectivity index (χ1) is 15.5. The highest BCUT2D eigenvalue weighted by atomic mass is 32.1. The van der Waals surface area contributed by atoms with E-state index in [9.17, 15) is 14.9 Å². The molecule has 6 nitrogen and oxygen atoms in total. The molecule has 4 aliphatic rings. The summed E-state index contributed by atoms with van der Waals surface area (Å²) < 4.78 is 1.15. The number of nitrogens with one attached hydrogen (secondary N) is 2. The summed E-state index contributed by atoms with van der Waals surface area (Å²) >= 11 is 1.63. The highest BCUT2D eigenvalue weighted by Crippen LogP contribution is 2.55. The van der Waals surface area contributed by atoms with E-state index in [1.807, 2.05) is 29.8 Å². The second-order valence-electron chi connectivity index (χ2n) is 9.99. The molecule has 1 aromatic carbocycles. The van der Waals surface area contributed by atoms with Crippen LogP contribution in [-0.4, -0.2) is 35.0 Å². The van der Waals surface area contributed by atoms with Crippen LogP contribution >= 0.6 is 11.3 Å². The SMILES string of the molecule is CCN(C#N)C(=O)C(Cc1csc2ccccc12)NC(=O)NC12CC3CC(CC(C3)C1)C2. The molecule has 0 aliphatic heterocycles. The molecule has 1 unspecified atom stereocenters. The number of nitriles is 1. The van der Waals surface area contributed by atoms with Gasteiger partial charge in [-0.15, -0.1) is 11.3 Å². The Morgan fingerprint density at radius 3 is 2.47 bits per heavy atom. The standard InChI is InChI=1S/C25H30N4O2S/c1-2-29(15-26)23(30)21(10-19-14-32-22-6-4-3-5-20(19)22)27-24(31)28-25-11-16-7-17(12-25)9-18(8-16)13-25/h3-6,14,16-18,21H,2,7-13H2,1H3,(H2,27,28,31). The second kappa shape index (κ2) is 8.40. The number of benzene rings is 1. The summed E-state index contributed by atoms with van der Waals surface area (Å²) in [6.45, 7) is 2.06. The van der Waals surface area contributed by atoms with Crippen molar-refractivity contribution in [1.82, 2.24) is 15.5 Å². The quantitative estimate of drug-likeness (QED) is 0.505. The summed E-state index contributed by atoms with van der Waals surface area (Å²) in [5.41, 5.74) is 0.898. The lowest BCUT2D eigenvalue weighted by Crippen LogP contribution is -2.63. The van der Waals surface area contributed by atoms with Crippen LogP contribution in [0, 0.1) is 29.2 Å². The molecule has 0 radical (unpaired) electrons. The van der Waals surface area contributed by atoms with Crippen LogP contribution in [0.3, 0.4) is 0 Å². The molecular formula is C25H30N4O2S. The molecule has 1 aromatic heterocycles. The van der Waals surface area contributed by atoms with Crippen molar-refractivity contribution in [3.05, 3.63) is 35.2 Å². The van der Waals surface area contributed by atoms with Crippen molar-refractivity contribution in [2.24, 2.45) is 17.8 Å². The Labute approximate surface area is 193 Å². The Morgan fingerprint density at radius 2 is 1.84 bits per heavy atom. The van der Waals surface area contributed by atoms with Crippen molar-refractivity contribution in [2.75, 3.05) is 6.54 Å². The molecule has 4 fully saturated rings. The van der Waals surface area contributed by atoms with Crippen LogP contribution in [0.4, 0.5) is 4.79 Å². The third-order valence-corrected chi connectivity index (χ3v) is 8.72. The lowest BCUT2D eigenvalue weighted by atomic mass is 9.53. The Kier molecular flexibility index (Phi) is 5.58. The zero-order chi connectivity index (χ0) is 22.3. The normalized spacial score (nSPS) is 28.8. The second-order valence-corrected chi connectivity index (χ2v) is 10.9. The van der Waals surface area contributed by atoms with Crippen molar-refractivity contribution in [2.45, 2.75) is 63.5 Å². The number of urea groups is 1. The molecule has 7 heteroatoms. The largest absolute Gasteiger partial charge is 0.333 e.